The number of hydrogen-bond donors (Lipinski definition) is 0. The average molecular weight is 517 g/mol. The number of rotatable bonds is 17. The van der Waals surface area contributed by atoms with Crippen molar-refractivity contribution >= 4 is 5.97 Å². The lowest BCUT2D eigenvalue weighted by Crippen LogP contribution is -2.28. The van der Waals surface area contributed by atoms with E-state index in [2.05, 4.69) is 38.1 Å². The molecule has 1 atom stereocenters. The highest BCUT2D eigenvalue weighted by Crippen LogP contribution is 2.24. The molecule has 4 nitrogen and oxygen atoms in total. The fourth-order valence-corrected chi connectivity index (χ4v) is 4.30. The van der Waals surface area contributed by atoms with Gasteiger partial charge in [-0.2, -0.15) is 0 Å². The second-order valence-corrected chi connectivity index (χ2v) is 9.95. The predicted octanol–water partition coefficient (Wildman–Crippen LogP) is 9.20. The quantitative estimate of drug-likeness (QED) is 0.102. The van der Waals surface area contributed by atoms with Gasteiger partial charge in [-0.15, -0.1) is 0 Å². The summed E-state index contributed by atoms with van der Waals surface area (Å²) in [7, 11) is 0. The molecule has 0 spiro atoms. The third-order valence-electron chi connectivity index (χ3n) is 6.66. The van der Waals surface area contributed by atoms with E-state index in [4.69, 9.17) is 14.2 Å². The van der Waals surface area contributed by atoms with Crippen molar-refractivity contribution in [2.45, 2.75) is 91.1 Å². The molecular formula is C34H44O4. The number of carbonyl (C=O) groups is 1. The molecule has 0 unspecified atom stereocenters. The van der Waals surface area contributed by atoms with Crippen LogP contribution in [0.2, 0.25) is 0 Å². The zero-order valence-corrected chi connectivity index (χ0v) is 23.4. The van der Waals surface area contributed by atoms with E-state index in [0.29, 0.717) is 11.5 Å². The van der Waals surface area contributed by atoms with E-state index in [1.54, 1.807) is 6.92 Å². The maximum Gasteiger partial charge on any atom is 0.352 e. The average Bonchev–Trinajstić information content (AvgIpc) is 2.94. The number of aryl methyl sites for hydroxylation is 1. The summed E-state index contributed by atoms with van der Waals surface area (Å²) in [5, 5.41) is 0. The number of hydrogen-bond acceptors (Lipinski definition) is 4. The predicted molar refractivity (Wildman–Crippen MR) is 156 cm³/mol. The Labute approximate surface area is 229 Å². The van der Waals surface area contributed by atoms with E-state index in [1.165, 1.54) is 56.9 Å². The zero-order chi connectivity index (χ0) is 27.0. The van der Waals surface area contributed by atoms with E-state index >= 15 is 0 Å². The Hall–Kier alpha value is -3.27. The molecule has 204 valence electrons. The van der Waals surface area contributed by atoms with Crippen molar-refractivity contribution in [2.75, 3.05) is 6.61 Å². The largest absolute Gasteiger partial charge is 0.494 e. The molecule has 38 heavy (non-hydrogen) atoms. The zero-order valence-electron chi connectivity index (χ0n) is 23.4. The third kappa shape index (κ3) is 10.2. The second kappa shape index (κ2) is 16.5. The summed E-state index contributed by atoms with van der Waals surface area (Å²) in [5.74, 6) is 1.49. The molecule has 0 aliphatic carbocycles. The van der Waals surface area contributed by atoms with Crippen LogP contribution in [0.4, 0.5) is 0 Å². The Morgan fingerprint density at radius 3 is 1.82 bits per heavy atom. The Balaban J connectivity index is 1.41. The lowest BCUT2D eigenvalue weighted by Gasteiger charge is -2.14. The molecule has 0 aromatic heterocycles. The Morgan fingerprint density at radius 1 is 0.632 bits per heavy atom. The first-order valence-corrected chi connectivity index (χ1v) is 14.4. The normalized spacial score (nSPS) is 11.7. The van der Waals surface area contributed by atoms with Crippen LogP contribution in [-0.2, 0) is 11.2 Å². The van der Waals surface area contributed by atoms with Crippen molar-refractivity contribution in [2.24, 2.45) is 0 Å². The van der Waals surface area contributed by atoms with Crippen LogP contribution in [0.25, 0.3) is 11.1 Å². The van der Waals surface area contributed by atoms with Crippen molar-refractivity contribution in [1.29, 1.82) is 0 Å². The lowest BCUT2D eigenvalue weighted by atomic mass is 10.0. The maximum atomic E-state index is 12.6. The maximum absolute atomic E-state index is 12.6. The third-order valence-corrected chi connectivity index (χ3v) is 6.66. The van der Waals surface area contributed by atoms with E-state index in [1.807, 2.05) is 48.5 Å². The number of esters is 1. The highest BCUT2D eigenvalue weighted by Gasteiger charge is 2.17. The van der Waals surface area contributed by atoms with Gasteiger partial charge in [0.1, 0.15) is 17.2 Å². The molecule has 0 heterocycles. The summed E-state index contributed by atoms with van der Waals surface area (Å²) in [6, 6.07) is 23.7. The van der Waals surface area contributed by atoms with Crippen molar-refractivity contribution in [3.63, 3.8) is 0 Å². The molecule has 0 saturated carbocycles. The smallest absolute Gasteiger partial charge is 0.352 e. The first-order chi connectivity index (χ1) is 18.6. The molecule has 0 fully saturated rings. The Bertz CT molecular complexity index is 1060. The van der Waals surface area contributed by atoms with Gasteiger partial charge in [-0.1, -0.05) is 95.2 Å². The number of ether oxygens (including phenoxy) is 3. The van der Waals surface area contributed by atoms with Gasteiger partial charge < -0.3 is 14.2 Å². The fourth-order valence-electron chi connectivity index (χ4n) is 4.30. The molecular weight excluding hydrogens is 472 g/mol. The second-order valence-electron chi connectivity index (χ2n) is 9.95. The van der Waals surface area contributed by atoms with Gasteiger partial charge in [0.25, 0.3) is 0 Å². The Morgan fingerprint density at radius 2 is 1.16 bits per heavy atom. The highest BCUT2D eigenvalue weighted by molar-refractivity contribution is 5.77. The van der Waals surface area contributed by atoms with E-state index in [-0.39, 0.29) is 0 Å². The highest BCUT2D eigenvalue weighted by atomic mass is 16.6. The molecule has 0 radical (unpaired) electrons. The lowest BCUT2D eigenvalue weighted by molar-refractivity contribution is -0.141. The molecule has 0 aliphatic rings. The van der Waals surface area contributed by atoms with Crippen LogP contribution in [0.3, 0.4) is 0 Å². The fraction of sp³-hybridized carbons (Fsp3) is 0.441. The first kappa shape index (κ1) is 29.3. The van der Waals surface area contributed by atoms with Crippen LogP contribution >= 0.6 is 0 Å². The van der Waals surface area contributed by atoms with Crippen molar-refractivity contribution in [3.8, 4) is 28.4 Å². The molecule has 0 amide bonds. The Kier molecular flexibility index (Phi) is 12.8. The van der Waals surface area contributed by atoms with Crippen LogP contribution in [0.1, 0.15) is 84.1 Å². The van der Waals surface area contributed by atoms with Crippen molar-refractivity contribution in [3.05, 3.63) is 78.4 Å². The van der Waals surface area contributed by atoms with Gasteiger partial charge >= 0.3 is 5.97 Å². The SMILES string of the molecule is CCCCCCCCOc1ccc(O[C@@H](C)C(=O)Oc2ccc(-c3ccc(CCCCC)cc3)cc2)cc1. The van der Waals surface area contributed by atoms with Crippen LogP contribution in [-0.4, -0.2) is 18.7 Å². The molecule has 3 rings (SSSR count). The van der Waals surface area contributed by atoms with Crippen molar-refractivity contribution in [1.82, 2.24) is 0 Å². The summed E-state index contributed by atoms with van der Waals surface area (Å²) in [4.78, 5) is 12.6. The molecule has 0 aliphatic heterocycles. The van der Waals surface area contributed by atoms with Gasteiger partial charge in [0.2, 0.25) is 0 Å². The number of carbonyl (C=O) groups excluding carboxylic acids is 1. The van der Waals surface area contributed by atoms with Gasteiger partial charge in [-0.05, 0) is 79.3 Å². The minimum atomic E-state index is -0.732. The van der Waals surface area contributed by atoms with E-state index in [9.17, 15) is 4.79 Å². The van der Waals surface area contributed by atoms with Crippen molar-refractivity contribution < 1.29 is 19.0 Å². The monoisotopic (exact) mass is 516 g/mol. The summed E-state index contributed by atoms with van der Waals surface area (Å²) in [6.45, 7) is 6.87. The van der Waals surface area contributed by atoms with Gasteiger partial charge in [-0.3, -0.25) is 0 Å². The molecule has 3 aromatic carbocycles. The minimum absolute atomic E-state index is 0.433. The van der Waals surface area contributed by atoms with Gasteiger partial charge in [0.15, 0.2) is 6.10 Å². The molecule has 3 aromatic rings. The van der Waals surface area contributed by atoms with Gasteiger partial charge in [0, 0.05) is 0 Å². The van der Waals surface area contributed by atoms with Crippen LogP contribution in [0.15, 0.2) is 72.8 Å². The first-order valence-electron chi connectivity index (χ1n) is 14.4. The molecule has 0 saturated heterocycles. The van der Waals surface area contributed by atoms with Crippen LogP contribution < -0.4 is 14.2 Å². The standard InChI is InChI=1S/C34H44O4/c1-4-6-8-9-10-12-26-36-31-22-24-32(25-23-31)37-27(3)34(35)38-33-20-18-30(19-21-33)29-16-14-28(15-17-29)13-11-7-5-2/h14-25,27H,4-13,26H2,1-3H3/t27-/m0/s1. The van der Waals surface area contributed by atoms with Crippen LogP contribution in [0.5, 0.6) is 17.2 Å². The van der Waals surface area contributed by atoms with Gasteiger partial charge in [-0.25, -0.2) is 4.79 Å². The minimum Gasteiger partial charge on any atom is -0.494 e. The summed E-state index contributed by atoms with van der Waals surface area (Å²) < 4.78 is 17.2. The van der Waals surface area contributed by atoms with E-state index < -0.39 is 12.1 Å². The van der Waals surface area contributed by atoms with Crippen LogP contribution in [0, 0.1) is 0 Å². The summed E-state index contributed by atoms with van der Waals surface area (Å²) >= 11 is 0. The molecule has 0 N–H and O–H groups in total. The summed E-state index contributed by atoms with van der Waals surface area (Å²) in [6.07, 6.45) is 11.6. The van der Waals surface area contributed by atoms with Gasteiger partial charge in [0.05, 0.1) is 6.61 Å². The molecule has 0 bridgehead atoms. The topological polar surface area (TPSA) is 44.8 Å². The summed E-state index contributed by atoms with van der Waals surface area (Å²) in [5.41, 5.74) is 3.61. The van der Waals surface area contributed by atoms with E-state index in [0.717, 1.165) is 36.3 Å². The number of unbranched alkanes of at least 4 members (excludes halogenated alkanes) is 7. The number of benzene rings is 3. The molecule has 4 heteroatoms.